The van der Waals surface area contributed by atoms with E-state index in [4.69, 9.17) is 0 Å². The van der Waals surface area contributed by atoms with Crippen LogP contribution in [0.25, 0.3) is 0 Å². The van der Waals surface area contributed by atoms with Gasteiger partial charge in [-0.25, -0.2) is 0 Å². The standard InChI is InChI=1S/C18H20N2O/c21-18-17(16-9-5-2-6-10-16)20(14-12-19-18)13-11-15-7-3-1-4-8-15/h1-10,17H,11-14H2,(H,19,21). The first-order valence-corrected chi connectivity index (χ1v) is 7.45. The molecule has 3 heteroatoms. The highest BCUT2D eigenvalue weighted by Gasteiger charge is 2.30. The van der Waals surface area contributed by atoms with Crippen LogP contribution >= 0.6 is 0 Å². The Labute approximate surface area is 125 Å². The maximum Gasteiger partial charge on any atom is 0.242 e. The summed E-state index contributed by atoms with van der Waals surface area (Å²) in [7, 11) is 0. The lowest BCUT2D eigenvalue weighted by Gasteiger charge is -2.35. The Morgan fingerprint density at radius 2 is 1.67 bits per heavy atom. The molecule has 1 unspecified atom stereocenters. The summed E-state index contributed by atoms with van der Waals surface area (Å²) in [6.45, 7) is 2.53. The van der Waals surface area contributed by atoms with Gasteiger partial charge in [0.25, 0.3) is 0 Å². The van der Waals surface area contributed by atoms with Crippen LogP contribution in [-0.4, -0.2) is 30.4 Å². The smallest absolute Gasteiger partial charge is 0.242 e. The minimum atomic E-state index is -0.163. The van der Waals surface area contributed by atoms with E-state index in [-0.39, 0.29) is 11.9 Å². The summed E-state index contributed by atoms with van der Waals surface area (Å²) in [5.41, 5.74) is 2.39. The molecular weight excluding hydrogens is 260 g/mol. The summed E-state index contributed by atoms with van der Waals surface area (Å²) in [6.07, 6.45) is 0.970. The molecule has 1 aliphatic heterocycles. The van der Waals surface area contributed by atoms with Crippen LogP contribution < -0.4 is 5.32 Å². The fourth-order valence-corrected chi connectivity index (χ4v) is 2.87. The zero-order chi connectivity index (χ0) is 14.5. The van der Waals surface area contributed by atoms with Gasteiger partial charge in [-0.3, -0.25) is 9.69 Å². The number of piperazine rings is 1. The fourth-order valence-electron chi connectivity index (χ4n) is 2.87. The molecule has 1 aliphatic rings. The van der Waals surface area contributed by atoms with Gasteiger partial charge in [0.2, 0.25) is 5.91 Å². The highest BCUT2D eigenvalue weighted by atomic mass is 16.2. The van der Waals surface area contributed by atoms with E-state index in [1.807, 2.05) is 36.4 Å². The van der Waals surface area contributed by atoms with Crippen LogP contribution in [0.15, 0.2) is 60.7 Å². The molecule has 0 radical (unpaired) electrons. The van der Waals surface area contributed by atoms with E-state index in [0.29, 0.717) is 0 Å². The number of rotatable bonds is 4. The second kappa shape index (κ2) is 6.55. The first-order valence-electron chi connectivity index (χ1n) is 7.45. The van der Waals surface area contributed by atoms with Gasteiger partial charge in [0.15, 0.2) is 0 Å². The molecule has 0 saturated carbocycles. The molecule has 108 valence electrons. The van der Waals surface area contributed by atoms with Crippen LogP contribution in [0.1, 0.15) is 17.2 Å². The van der Waals surface area contributed by atoms with Gasteiger partial charge < -0.3 is 5.32 Å². The van der Waals surface area contributed by atoms with Crippen LogP contribution in [0.3, 0.4) is 0 Å². The van der Waals surface area contributed by atoms with Gasteiger partial charge in [-0.1, -0.05) is 60.7 Å². The second-order valence-corrected chi connectivity index (χ2v) is 5.38. The highest BCUT2D eigenvalue weighted by Crippen LogP contribution is 2.23. The molecule has 0 bridgehead atoms. The molecule has 0 aliphatic carbocycles. The predicted octanol–water partition coefficient (Wildman–Crippen LogP) is 2.40. The van der Waals surface area contributed by atoms with Gasteiger partial charge in [0.05, 0.1) is 0 Å². The molecule has 1 heterocycles. The van der Waals surface area contributed by atoms with Crippen molar-refractivity contribution in [3.05, 3.63) is 71.8 Å². The maximum atomic E-state index is 12.3. The van der Waals surface area contributed by atoms with Crippen molar-refractivity contribution in [2.45, 2.75) is 12.5 Å². The number of nitrogens with one attached hydrogen (secondary N) is 1. The molecule has 1 amide bonds. The molecule has 2 aromatic carbocycles. The van der Waals surface area contributed by atoms with E-state index in [2.05, 4.69) is 34.5 Å². The van der Waals surface area contributed by atoms with E-state index in [0.717, 1.165) is 31.6 Å². The third-order valence-corrected chi connectivity index (χ3v) is 3.96. The van der Waals surface area contributed by atoms with Crippen LogP contribution in [0, 0.1) is 0 Å². The number of nitrogens with zero attached hydrogens (tertiary/aromatic N) is 1. The maximum absolute atomic E-state index is 12.3. The Balaban J connectivity index is 1.74. The zero-order valence-corrected chi connectivity index (χ0v) is 12.0. The van der Waals surface area contributed by atoms with E-state index in [9.17, 15) is 4.79 Å². The first-order chi connectivity index (χ1) is 10.3. The largest absolute Gasteiger partial charge is 0.353 e. The summed E-state index contributed by atoms with van der Waals surface area (Å²) < 4.78 is 0. The van der Waals surface area contributed by atoms with Crippen molar-refractivity contribution >= 4 is 5.91 Å². The van der Waals surface area contributed by atoms with Gasteiger partial charge >= 0.3 is 0 Å². The Morgan fingerprint density at radius 3 is 2.38 bits per heavy atom. The van der Waals surface area contributed by atoms with Crippen molar-refractivity contribution in [1.82, 2.24) is 10.2 Å². The minimum absolute atomic E-state index is 0.112. The van der Waals surface area contributed by atoms with Crippen molar-refractivity contribution in [2.75, 3.05) is 19.6 Å². The Morgan fingerprint density at radius 1 is 1.00 bits per heavy atom. The average molecular weight is 280 g/mol. The van der Waals surface area contributed by atoms with Crippen molar-refractivity contribution in [3.63, 3.8) is 0 Å². The number of amides is 1. The third-order valence-electron chi connectivity index (χ3n) is 3.96. The molecule has 1 N–H and O–H groups in total. The van der Waals surface area contributed by atoms with E-state index in [1.54, 1.807) is 0 Å². The molecule has 2 aromatic rings. The number of hydrogen-bond acceptors (Lipinski definition) is 2. The summed E-state index contributed by atoms with van der Waals surface area (Å²) in [6, 6.07) is 20.3. The van der Waals surface area contributed by atoms with Crippen molar-refractivity contribution in [1.29, 1.82) is 0 Å². The minimum Gasteiger partial charge on any atom is -0.353 e. The number of hydrogen-bond donors (Lipinski definition) is 1. The van der Waals surface area contributed by atoms with Gasteiger partial charge in [-0.15, -0.1) is 0 Å². The normalized spacial score (nSPS) is 19.2. The molecule has 0 aromatic heterocycles. The number of benzene rings is 2. The Bertz CT molecular complexity index is 583. The van der Waals surface area contributed by atoms with Crippen LogP contribution in [0.4, 0.5) is 0 Å². The molecular formula is C18H20N2O. The zero-order valence-electron chi connectivity index (χ0n) is 12.0. The lowest BCUT2D eigenvalue weighted by atomic mass is 10.0. The lowest BCUT2D eigenvalue weighted by molar-refractivity contribution is -0.129. The molecule has 1 atom stereocenters. The molecule has 3 rings (SSSR count). The molecule has 1 saturated heterocycles. The molecule has 0 spiro atoms. The van der Waals surface area contributed by atoms with Crippen LogP contribution in [0.5, 0.6) is 0 Å². The van der Waals surface area contributed by atoms with Crippen molar-refractivity contribution in [3.8, 4) is 0 Å². The molecule has 21 heavy (non-hydrogen) atoms. The van der Waals surface area contributed by atoms with E-state index >= 15 is 0 Å². The molecule has 1 fully saturated rings. The SMILES string of the molecule is O=C1NCCN(CCc2ccccc2)C1c1ccccc1. The monoisotopic (exact) mass is 280 g/mol. The lowest BCUT2D eigenvalue weighted by Crippen LogP contribution is -2.50. The first kappa shape index (κ1) is 13.8. The quantitative estimate of drug-likeness (QED) is 0.932. The van der Waals surface area contributed by atoms with Gasteiger partial charge in [-0.05, 0) is 17.5 Å². The van der Waals surface area contributed by atoms with E-state index < -0.39 is 0 Å². The van der Waals surface area contributed by atoms with Crippen LogP contribution in [-0.2, 0) is 11.2 Å². The number of carbonyl (C=O) groups excluding carboxylic acids is 1. The average Bonchev–Trinajstić information content (AvgIpc) is 2.55. The van der Waals surface area contributed by atoms with Crippen LogP contribution in [0.2, 0.25) is 0 Å². The van der Waals surface area contributed by atoms with Crippen molar-refractivity contribution < 1.29 is 4.79 Å². The number of carbonyl (C=O) groups is 1. The van der Waals surface area contributed by atoms with Gasteiger partial charge in [0.1, 0.15) is 6.04 Å². The summed E-state index contributed by atoms with van der Waals surface area (Å²) in [5, 5.41) is 2.98. The Kier molecular flexibility index (Phi) is 4.31. The highest BCUT2D eigenvalue weighted by molar-refractivity contribution is 5.83. The third kappa shape index (κ3) is 3.31. The molecule has 3 nitrogen and oxygen atoms in total. The summed E-state index contributed by atoms with van der Waals surface area (Å²) in [5.74, 6) is 0.112. The van der Waals surface area contributed by atoms with Crippen molar-refractivity contribution in [2.24, 2.45) is 0 Å². The van der Waals surface area contributed by atoms with E-state index in [1.165, 1.54) is 5.56 Å². The summed E-state index contributed by atoms with van der Waals surface area (Å²) in [4.78, 5) is 14.5. The summed E-state index contributed by atoms with van der Waals surface area (Å²) >= 11 is 0. The van der Waals surface area contributed by atoms with Gasteiger partial charge in [-0.2, -0.15) is 0 Å². The van der Waals surface area contributed by atoms with Gasteiger partial charge in [0, 0.05) is 19.6 Å². The Hall–Kier alpha value is -2.13. The topological polar surface area (TPSA) is 32.3 Å². The second-order valence-electron chi connectivity index (χ2n) is 5.38. The predicted molar refractivity (Wildman–Crippen MR) is 83.9 cm³/mol. The fraction of sp³-hybridized carbons (Fsp3) is 0.278.